The number of guanidine groups is 1. The fourth-order valence-electron chi connectivity index (χ4n) is 3.98. The lowest BCUT2D eigenvalue weighted by Crippen LogP contribution is -2.53. The van der Waals surface area contributed by atoms with E-state index < -0.39 is 11.1 Å². The van der Waals surface area contributed by atoms with Gasteiger partial charge in [-0.3, -0.25) is 14.7 Å². The highest BCUT2D eigenvalue weighted by molar-refractivity contribution is 9.10. The van der Waals surface area contributed by atoms with Crippen LogP contribution >= 0.6 is 15.9 Å². The molecule has 2 unspecified atom stereocenters. The summed E-state index contributed by atoms with van der Waals surface area (Å²) < 4.78 is 7.33. The number of ether oxygens (including phenoxy) is 1. The number of fused-ring (bicyclic) bond motifs is 2. The second kappa shape index (κ2) is 5.84. The van der Waals surface area contributed by atoms with E-state index in [4.69, 9.17) is 4.74 Å². The lowest BCUT2D eigenvalue weighted by Gasteiger charge is -2.44. The number of carbonyl (C=O) groups excluding carboxylic acids is 1. The van der Waals surface area contributed by atoms with E-state index in [1.54, 1.807) is 19.0 Å². The summed E-state index contributed by atoms with van der Waals surface area (Å²) in [5.41, 5.74) is 0.309. The van der Waals surface area contributed by atoms with E-state index in [1.165, 1.54) is 0 Å². The van der Waals surface area contributed by atoms with Crippen LogP contribution in [0.25, 0.3) is 0 Å². The first-order valence-corrected chi connectivity index (χ1v) is 9.27. The van der Waals surface area contributed by atoms with E-state index in [0.29, 0.717) is 18.1 Å². The Kier molecular flexibility index (Phi) is 3.84. The van der Waals surface area contributed by atoms with Crippen molar-refractivity contribution in [1.82, 2.24) is 10.2 Å². The Morgan fingerprint density at radius 3 is 2.62 bits per heavy atom. The molecule has 0 radical (unpaired) electrons. The predicted molar refractivity (Wildman–Crippen MR) is 104 cm³/mol. The minimum Gasteiger partial charge on any atom is -0.482 e. The topological polar surface area (TPSA) is 53.9 Å². The molecule has 4 rings (SSSR count). The fraction of sp³-hybridized carbons (Fsp3) is 0.300. The van der Waals surface area contributed by atoms with Crippen LogP contribution in [-0.4, -0.2) is 30.9 Å². The third kappa shape index (κ3) is 2.35. The molecule has 1 N–H and O–H groups in total. The Hall–Kier alpha value is -2.34. The van der Waals surface area contributed by atoms with Crippen molar-refractivity contribution in [2.75, 3.05) is 14.1 Å². The summed E-state index contributed by atoms with van der Waals surface area (Å²) in [6.07, 6.45) is 0.468. The van der Waals surface area contributed by atoms with E-state index in [2.05, 4.69) is 26.2 Å². The molecule has 5 nitrogen and oxygen atoms in total. The van der Waals surface area contributed by atoms with Gasteiger partial charge < -0.3 is 10.1 Å². The van der Waals surface area contributed by atoms with Gasteiger partial charge in [-0.1, -0.05) is 46.3 Å². The Morgan fingerprint density at radius 1 is 1.23 bits per heavy atom. The molecular weight excluding hydrogens is 394 g/mol. The normalized spacial score (nSPS) is 28.8. The molecule has 26 heavy (non-hydrogen) atoms. The van der Waals surface area contributed by atoms with Crippen LogP contribution in [0.5, 0.6) is 5.75 Å². The first-order valence-electron chi connectivity index (χ1n) is 8.47. The van der Waals surface area contributed by atoms with E-state index in [1.807, 2.05) is 55.5 Å². The van der Waals surface area contributed by atoms with E-state index in [9.17, 15) is 4.79 Å². The number of rotatable bonds is 1. The number of hydrogen-bond donors (Lipinski definition) is 1. The van der Waals surface area contributed by atoms with Crippen molar-refractivity contribution >= 4 is 27.8 Å². The highest BCUT2D eigenvalue weighted by atomic mass is 79.9. The predicted octanol–water partition coefficient (Wildman–Crippen LogP) is 3.39. The van der Waals surface area contributed by atoms with Crippen molar-refractivity contribution in [2.45, 2.75) is 24.5 Å². The molecule has 2 heterocycles. The number of nitrogens with zero attached hydrogens (tertiary/aromatic N) is 2. The fourth-order valence-corrected chi connectivity index (χ4v) is 4.34. The van der Waals surface area contributed by atoms with Gasteiger partial charge in [-0.05, 0) is 30.7 Å². The lowest BCUT2D eigenvalue weighted by atomic mass is 9.74. The maximum absolute atomic E-state index is 13.4. The van der Waals surface area contributed by atoms with Crippen molar-refractivity contribution < 1.29 is 9.53 Å². The number of nitrogens with one attached hydrogen (secondary N) is 1. The third-order valence-electron chi connectivity index (χ3n) is 5.25. The van der Waals surface area contributed by atoms with Crippen LogP contribution in [0.3, 0.4) is 0 Å². The highest BCUT2D eigenvalue weighted by Crippen LogP contribution is 2.50. The molecule has 0 aromatic heterocycles. The first-order chi connectivity index (χ1) is 12.4. The van der Waals surface area contributed by atoms with Gasteiger partial charge in [0.2, 0.25) is 5.96 Å². The average Bonchev–Trinajstić information content (AvgIpc) is 2.88. The van der Waals surface area contributed by atoms with Gasteiger partial charge in [0, 0.05) is 30.6 Å². The molecule has 1 fully saturated rings. The zero-order valence-electron chi connectivity index (χ0n) is 14.9. The van der Waals surface area contributed by atoms with Crippen molar-refractivity contribution in [3.05, 3.63) is 64.1 Å². The van der Waals surface area contributed by atoms with Crippen LogP contribution in [0.4, 0.5) is 0 Å². The number of likely N-dealkylation sites (N-methyl/N-ethyl adjacent to an activating group) is 1. The molecule has 0 aliphatic carbocycles. The average molecular weight is 414 g/mol. The van der Waals surface area contributed by atoms with Gasteiger partial charge >= 0.3 is 0 Å². The Morgan fingerprint density at radius 2 is 1.96 bits per heavy atom. The van der Waals surface area contributed by atoms with E-state index >= 15 is 0 Å². The molecule has 1 amide bonds. The third-order valence-corrected chi connectivity index (χ3v) is 5.74. The summed E-state index contributed by atoms with van der Waals surface area (Å²) in [5, 5.41) is 3.39. The molecule has 2 aliphatic heterocycles. The molecule has 1 saturated heterocycles. The molecule has 2 aromatic rings. The molecule has 0 saturated carbocycles. The van der Waals surface area contributed by atoms with Gasteiger partial charge in [0.25, 0.3) is 5.91 Å². The Bertz CT molecular complexity index is 915. The van der Waals surface area contributed by atoms with Crippen molar-refractivity contribution in [3.63, 3.8) is 0 Å². The number of aliphatic imine (C=N–C) groups is 1. The summed E-state index contributed by atoms with van der Waals surface area (Å²) >= 11 is 3.52. The molecule has 134 valence electrons. The number of amides is 1. The summed E-state index contributed by atoms with van der Waals surface area (Å²) in [7, 11) is 3.43. The number of benzene rings is 2. The van der Waals surface area contributed by atoms with Crippen molar-refractivity contribution in [3.8, 4) is 5.75 Å². The summed E-state index contributed by atoms with van der Waals surface area (Å²) in [6.45, 7) is 2.03. The van der Waals surface area contributed by atoms with E-state index in [-0.39, 0.29) is 5.91 Å². The minimum atomic E-state index is -0.911. The molecule has 2 atom stereocenters. The second-order valence-electron chi connectivity index (χ2n) is 6.96. The maximum Gasteiger partial charge on any atom is 0.259 e. The zero-order valence-corrected chi connectivity index (χ0v) is 16.5. The smallest absolute Gasteiger partial charge is 0.259 e. The second-order valence-corrected chi connectivity index (χ2v) is 7.87. The zero-order chi connectivity index (χ0) is 18.5. The van der Waals surface area contributed by atoms with Crippen LogP contribution in [-0.2, 0) is 15.9 Å². The molecule has 6 heteroatoms. The molecule has 0 bridgehead atoms. The summed E-state index contributed by atoms with van der Waals surface area (Å²) in [6, 6.07) is 15.8. The minimum absolute atomic E-state index is 0.0251. The van der Waals surface area contributed by atoms with Crippen LogP contribution in [0.2, 0.25) is 0 Å². The first kappa shape index (κ1) is 17.1. The van der Waals surface area contributed by atoms with Gasteiger partial charge in [-0.15, -0.1) is 0 Å². The van der Waals surface area contributed by atoms with E-state index in [0.717, 1.165) is 15.6 Å². The lowest BCUT2D eigenvalue weighted by molar-refractivity contribution is -0.134. The van der Waals surface area contributed by atoms with Gasteiger partial charge in [-0.25, -0.2) is 0 Å². The number of halogens is 1. The summed E-state index contributed by atoms with van der Waals surface area (Å²) in [5.74, 6) is 1.25. The van der Waals surface area contributed by atoms with Gasteiger partial charge in [0.05, 0.1) is 0 Å². The standard InChI is InChI=1S/C20H20BrN3O2/c1-19(13-7-5-4-6-8-13)12-20(17(25)24(3)18(22-2)23-20)15-11-14(21)9-10-16(15)26-19/h4-11H,12H2,1-3H3,(H,22,23). The largest absolute Gasteiger partial charge is 0.482 e. The van der Waals surface area contributed by atoms with Crippen molar-refractivity contribution in [2.24, 2.45) is 4.99 Å². The van der Waals surface area contributed by atoms with Crippen LogP contribution in [0.15, 0.2) is 58.0 Å². The van der Waals surface area contributed by atoms with Gasteiger partial charge in [0.15, 0.2) is 5.54 Å². The Balaban J connectivity index is 1.94. The SMILES string of the molecule is CN=C1NC2(CC(C)(c3ccccc3)Oc3ccc(Br)cc32)C(=O)N1C. The highest BCUT2D eigenvalue weighted by Gasteiger charge is 2.58. The number of hydrogen-bond acceptors (Lipinski definition) is 3. The molecule has 2 aliphatic rings. The van der Waals surface area contributed by atoms with Crippen LogP contribution < -0.4 is 10.1 Å². The molecule has 2 aromatic carbocycles. The van der Waals surface area contributed by atoms with Gasteiger partial charge in [0.1, 0.15) is 11.4 Å². The van der Waals surface area contributed by atoms with Crippen molar-refractivity contribution in [1.29, 1.82) is 0 Å². The van der Waals surface area contributed by atoms with Crippen LogP contribution in [0.1, 0.15) is 24.5 Å². The Labute approximate surface area is 161 Å². The monoisotopic (exact) mass is 413 g/mol. The van der Waals surface area contributed by atoms with Crippen LogP contribution in [0, 0.1) is 0 Å². The van der Waals surface area contributed by atoms with Gasteiger partial charge in [-0.2, -0.15) is 0 Å². The molecule has 1 spiro atoms. The number of carbonyl (C=O) groups is 1. The molecular formula is C20H20BrN3O2. The summed E-state index contributed by atoms with van der Waals surface area (Å²) in [4.78, 5) is 19.2. The quantitative estimate of drug-likeness (QED) is 0.779. The maximum atomic E-state index is 13.4.